The molecule has 0 aliphatic carbocycles. The molecule has 0 heterocycles. The predicted octanol–water partition coefficient (Wildman–Crippen LogP) is -0.498. The van der Waals surface area contributed by atoms with Crippen molar-refractivity contribution in [1.82, 2.24) is 4.90 Å². The van der Waals surface area contributed by atoms with Gasteiger partial charge in [-0.05, 0) is 11.1 Å². The highest BCUT2D eigenvalue weighted by Gasteiger charge is 2.31. The first kappa shape index (κ1) is 25.4. The van der Waals surface area contributed by atoms with Gasteiger partial charge in [0.15, 0.2) is 0 Å². The van der Waals surface area contributed by atoms with Crippen molar-refractivity contribution in [3.63, 3.8) is 0 Å². The van der Waals surface area contributed by atoms with Crippen LogP contribution in [0.2, 0.25) is 0 Å². The van der Waals surface area contributed by atoms with Gasteiger partial charge in [0.25, 0.3) is 0 Å². The standard InChI is InChI=1S/C23H33NO7/c25-14-21(28)23(30)22(29)20(27)13-24(11-17-7-3-1-4-8-17)12-19(26)16-31-15-18-9-5-2-6-10-18/h1-10,19-23,25-30H,11-16H2/t19?,20-,21+,22+,23+/m0/s1. The van der Waals surface area contributed by atoms with Crippen LogP contribution in [-0.4, -0.2) is 92.4 Å². The number of hydrogen-bond donors (Lipinski definition) is 6. The number of benzene rings is 2. The Morgan fingerprint density at radius 2 is 1.26 bits per heavy atom. The molecule has 0 radical (unpaired) electrons. The van der Waals surface area contributed by atoms with E-state index in [1.54, 1.807) is 4.90 Å². The molecule has 0 amide bonds. The van der Waals surface area contributed by atoms with Crippen molar-refractivity contribution >= 4 is 0 Å². The molecule has 2 aromatic carbocycles. The molecule has 0 aliphatic heterocycles. The molecular weight excluding hydrogens is 402 g/mol. The van der Waals surface area contributed by atoms with Gasteiger partial charge in [0.2, 0.25) is 0 Å². The number of hydrogen-bond acceptors (Lipinski definition) is 8. The fraction of sp³-hybridized carbons (Fsp3) is 0.478. The quantitative estimate of drug-likeness (QED) is 0.234. The largest absolute Gasteiger partial charge is 0.394 e. The number of nitrogens with zero attached hydrogens (tertiary/aromatic N) is 1. The smallest absolute Gasteiger partial charge is 0.111 e. The molecule has 0 bridgehead atoms. The van der Waals surface area contributed by atoms with Gasteiger partial charge in [0, 0.05) is 19.6 Å². The summed E-state index contributed by atoms with van der Waals surface area (Å²) in [6.45, 7) is 0.191. The molecule has 1 unspecified atom stereocenters. The zero-order valence-electron chi connectivity index (χ0n) is 17.4. The molecule has 0 saturated heterocycles. The number of aliphatic hydroxyl groups excluding tert-OH is 6. The van der Waals surface area contributed by atoms with Crippen LogP contribution in [0.15, 0.2) is 60.7 Å². The van der Waals surface area contributed by atoms with Crippen LogP contribution in [-0.2, 0) is 17.9 Å². The van der Waals surface area contributed by atoms with Crippen molar-refractivity contribution in [3.05, 3.63) is 71.8 Å². The summed E-state index contributed by atoms with van der Waals surface area (Å²) in [5, 5.41) is 59.2. The normalized spacial score (nSPS) is 16.6. The van der Waals surface area contributed by atoms with Crippen molar-refractivity contribution in [2.24, 2.45) is 0 Å². The van der Waals surface area contributed by atoms with Crippen molar-refractivity contribution in [3.8, 4) is 0 Å². The van der Waals surface area contributed by atoms with Crippen molar-refractivity contribution in [2.75, 3.05) is 26.3 Å². The van der Waals surface area contributed by atoms with Gasteiger partial charge in [-0.1, -0.05) is 60.7 Å². The predicted molar refractivity (Wildman–Crippen MR) is 115 cm³/mol. The second-order valence-corrected chi connectivity index (χ2v) is 7.63. The molecule has 2 aromatic rings. The maximum atomic E-state index is 10.4. The van der Waals surface area contributed by atoms with Gasteiger partial charge in [-0.3, -0.25) is 4.90 Å². The molecule has 5 atom stereocenters. The first-order valence-electron chi connectivity index (χ1n) is 10.3. The van der Waals surface area contributed by atoms with Gasteiger partial charge < -0.3 is 35.4 Å². The van der Waals surface area contributed by atoms with Gasteiger partial charge in [-0.2, -0.15) is 0 Å². The van der Waals surface area contributed by atoms with Crippen LogP contribution in [0.1, 0.15) is 11.1 Å². The van der Waals surface area contributed by atoms with Gasteiger partial charge in [0.1, 0.15) is 18.3 Å². The molecular formula is C23H33NO7. The summed E-state index contributed by atoms with van der Waals surface area (Å²) in [5.41, 5.74) is 1.93. The molecule has 0 spiro atoms. The third-order valence-corrected chi connectivity index (χ3v) is 4.91. The maximum Gasteiger partial charge on any atom is 0.111 e. The lowest BCUT2D eigenvalue weighted by Crippen LogP contribution is -2.50. The van der Waals surface area contributed by atoms with E-state index in [0.717, 1.165) is 11.1 Å². The highest BCUT2D eigenvalue weighted by molar-refractivity contribution is 5.15. The Bertz CT molecular complexity index is 718. The Balaban J connectivity index is 1.93. The Morgan fingerprint density at radius 3 is 1.84 bits per heavy atom. The van der Waals surface area contributed by atoms with Crippen molar-refractivity contribution in [1.29, 1.82) is 0 Å². The Morgan fingerprint density at radius 1 is 0.710 bits per heavy atom. The summed E-state index contributed by atoms with van der Waals surface area (Å²) >= 11 is 0. The van der Waals surface area contributed by atoms with Crippen LogP contribution in [0.5, 0.6) is 0 Å². The first-order chi connectivity index (χ1) is 14.9. The van der Waals surface area contributed by atoms with E-state index in [1.165, 1.54) is 0 Å². The molecule has 2 rings (SSSR count). The summed E-state index contributed by atoms with van der Waals surface area (Å²) in [4.78, 5) is 1.73. The Labute approximate surface area is 182 Å². The van der Waals surface area contributed by atoms with E-state index in [4.69, 9.17) is 9.84 Å². The molecule has 31 heavy (non-hydrogen) atoms. The van der Waals surface area contributed by atoms with E-state index < -0.39 is 37.1 Å². The highest BCUT2D eigenvalue weighted by Crippen LogP contribution is 2.11. The van der Waals surface area contributed by atoms with Gasteiger partial charge >= 0.3 is 0 Å². The van der Waals surface area contributed by atoms with Crippen molar-refractivity contribution in [2.45, 2.75) is 43.7 Å². The number of aliphatic hydroxyl groups is 6. The van der Waals surface area contributed by atoms with Crippen LogP contribution in [0, 0.1) is 0 Å². The first-order valence-corrected chi connectivity index (χ1v) is 10.3. The monoisotopic (exact) mass is 435 g/mol. The summed E-state index contributed by atoms with van der Waals surface area (Å²) in [6, 6.07) is 19.0. The van der Waals surface area contributed by atoms with E-state index in [2.05, 4.69) is 0 Å². The highest BCUT2D eigenvalue weighted by atomic mass is 16.5. The zero-order chi connectivity index (χ0) is 22.6. The number of ether oxygens (including phenoxy) is 1. The van der Waals surface area contributed by atoms with Crippen LogP contribution < -0.4 is 0 Å². The van der Waals surface area contributed by atoms with E-state index >= 15 is 0 Å². The minimum Gasteiger partial charge on any atom is -0.394 e. The minimum atomic E-state index is -1.70. The van der Waals surface area contributed by atoms with Crippen LogP contribution >= 0.6 is 0 Å². The van der Waals surface area contributed by atoms with E-state index in [0.29, 0.717) is 13.2 Å². The lowest BCUT2D eigenvalue weighted by Gasteiger charge is -2.31. The van der Waals surface area contributed by atoms with Crippen molar-refractivity contribution < 1.29 is 35.4 Å². The van der Waals surface area contributed by atoms with Gasteiger partial charge in [0.05, 0.1) is 32.0 Å². The average molecular weight is 436 g/mol. The molecule has 0 fully saturated rings. The molecule has 0 saturated carbocycles. The topological polar surface area (TPSA) is 134 Å². The zero-order valence-corrected chi connectivity index (χ0v) is 17.4. The van der Waals surface area contributed by atoms with E-state index in [1.807, 2.05) is 60.7 Å². The maximum absolute atomic E-state index is 10.4. The van der Waals surface area contributed by atoms with Crippen LogP contribution in [0.3, 0.4) is 0 Å². The Kier molecular flexibility index (Phi) is 11.1. The fourth-order valence-corrected chi connectivity index (χ4v) is 3.22. The second-order valence-electron chi connectivity index (χ2n) is 7.63. The summed E-state index contributed by atoms with van der Waals surface area (Å²) in [7, 11) is 0. The van der Waals surface area contributed by atoms with Gasteiger partial charge in [-0.15, -0.1) is 0 Å². The molecule has 172 valence electrons. The third kappa shape index (κ3) is 9.02. The molecule has 8 heteroatoms. The Hall–Kier alpha value is -1.88. The summed E-state index contributed by atoms with van der Waals surface area (Å²) in [5.74, 6) is 0. The lowest BCUT2D eigenvalue weighted by molar-refractivity contribution is -0.121. The molecule has 6 N–H and O–H groups in total. The molecule has 0 aromatic heterocycles. The van der Waals surface area contributed by atoms with E-state index in [9.17, 15) is 25.5 Å². The summed E-state index contributed by atoms with van der Waals surface area (Å²) in [6.07, 6.45) is -7.17. The minimum absolute atomic E-state index is 0.0684. The molecule has 8 nitrogen and oxygen atoms in total. The average Bonchev–Trinajstić information content (AvgIpc) is 2.78. The fourth-order valence-electron chi connectivity index (χ4n) is 3.22. The second kappa shape index (κ2) is 13.5. The number of rotatable bonds is 14. The lowest BCUT2D eigenvalue weighted by atomic mass is 10.0. The van der Waals surface area contributed by atoms with Gasteiger partial charge in [-0.25, -0.2) is 0 Å². The third-order valence-electron chi connectivity index (χ3n) is 4.91. The SMILES string of the molecule is OC[C@@H](O)[C@@H](O)[C@H](O)[C@@H](O)CN(Cc1ccccc1)CC(O)COCc1ccccc1. The van der Waals surface area contributed by atoms with Crippen LogP contribution in [0.25, 0.3) is 0 Å². The van der Waals surface area contributed by atoms with E-state index in [-0.39, 0.29) is 19.7 Å². The molecule has 0 aliphatic rings. The van der Waals surface area contributed by atoms with Crippen LogP contribution in [0.4, 0.5) is 0 Å². The summed E-state index contributed by atoms with van der Waals surface area (Å²) < 4.78 is 5.58.